The summed E-state index contributed by atoms with van der Waals surface area (Å²) in [4.78, 5) is 30.2. The van der Waals surface area contributed by atoms with Crippen LogP contribution in [0.1, 0.15) is 48.3 Å². The van der Waals surface area contributed by atoms with E-state index < -0.39 is 17.9 Å². The highest BCUT2D eigenvalue weighted by Crippen LogP contribution is 2.35. The molecule has 3 aromatic rings. The van der Waals surface area contributed by atoms with Crippen molar-refractivity contribution in [3.63, 3.8) is 0 Å². The molecular formula is C30H31FN2O3. The summed E-state index contributed by atoms with van der Waals surface area (Å²) in [6, 6.07) is 23.0. The number of rotatable bonds is 5. The van der Waals surface area contributed by atoms with Crippen molar-refractivity contribution in [1.82, 2.24) is 4.90 Å². The molecule has 0 radical (unpaired) electrons. The van der Waals surface area contributed by atoms with Crippen LogP contribution in [0, 0.1) is 5.82 Å². The molecule has 0 saturated carbocycles. The number of nitrogens with zero attached hydrogens (tertiary/aromatic N) is 2. The second-order valence-electron chi connectivity index (χ2n) is 9.74. The van der Waals surface area contributed by atoms with E-state index in [-0.39, 0.29) is 17.8 Å². The van der Waals surface area contributed by atoms with Crippen molar-refractivity contribution in [1.29, 1.82) is 0 Å². The molecule has 36 heavy (non-hydrogen) atoms. The molecule has 5 nitrogen and oxygen atoms in total. The number of piperidine rings is 1. The van der Waals surface area contributed by atoms with Gasteiger partial charge in [-0.1, -0.05) is 66.7 Å². The average Bonchev–Trinajstić information content (AvgIpc) is 3.12. The standard InChI is InChI=1S/C30H31FN2O3/c31-24-15-14-21-9-7-8-17-32(26(21)19-24)25-16-18-33(27(20-25)30(35)36)29(34)28(22-10-3-1-4-11-22)23-12-5-2-6-13-23/h1-6,10-15,19,25,27-28H,7-9,16-18,20H2,(H,35,36)/t25-,27-/m0/s1. The fourth-order valence-electron chi connectivity index (χ4n) is 5.78. The first-order valence-electron chi connectivity index (χ1n) is 12.7. The summed E-state index contributed by atoms with van der Waals surface area (Å²) in [6.07, 6.45) is 3.83. The molecule has 1 amide bonds. The Morgan fingerprint density at radius 1 is 0.889 bits per heavy atom. The number of fused-ring (bicyclic) bond motifs is 1. The molecular weight excluding hydrogens is 455 g/mol. The maximum Gasteiger partial charge on any atom is 0.326 e. The van der Waals surface area contributed by atoms with Crippen molar-refractivity contribution in [2.45, 2.75) is 50.1 Å². The minimum absolute atomic E-state index is 0.0688. The number of amides is 1. The van der Waals surface area contributed by atoms with E-state index in [9.17, 15) is 19.1 Å². The summed E-state index contributed by atoms with van der Waals surface area (Å²) in [5.74, 6) is -2.04. The second kappa shape index (κ2) is 10.5. The first kappa shape index (κ1) is 24.0. The lowest BCUT2D eigenvalue weighted by molar-refractivity contribution is -0.152. The topological polar surface area (TPSA) is 60.9 Å². The number of hydrogen-bond acceptors (Lipinski definition) is 3. The Kier molecular flexibility index (Phi) is 7.03. The lowest BCUT2D eigenvalue weighted by Gasteiger charge is -2.44. The van der Waals surface area contributed by atoms with E-state index in [0.717, 1.165) is 48.2 Å². The van der Waals surface area contributed by atoms with Crippen LogP contribution >= 0.6 is 0 Å². The maximum atomic E-state index is 14.2. The number of benzene rings is 3. The Morgan fingerprint density at radius 2 is 1.56 bits per heavy atom. The zero-order valence-electron chi connectivity index (χ0n) is 20.2. The van der Waals surface area contributed by atoms with E-state index >= 15 is 0 Å². The molecule has 2 heterocycles. The van der Waals surface area contributed by atoms with Crippen LogP contribution in [-0.2, 0) is 16.0 Å². The highest BCUT2D eigenvalue weighted by molar-refractivity contribution is 5.91. The van der Waals surface area contributed by atoms with Crippen LogP contribution < -0.4 is 4.90 Å². The van der Waals surface area contributed by atoms with Gasteiger partial charge in [0.05, 0.1) is 5.92 Å². The molecule has 6 heteroatoms. The molecule has 3 aromatic carbocycles. The van der Waals surface area contributed by atoms with Gasteiger partial charge < -0.3 is 14.9 Å². The Labute approximate surface area is 211 Å². The molecule has 2 aliphatic rings. The van der Waals surface area contributed by atoms with Crippen LogP contribution in [0.3, 0.4) is 0 Å². The number of carbonyl (C=O) groups is 2. The predicted octanol–water partition coefficient (Wildman–Crippen LogP) is 5.24. The van der Waals surface area contributed by atoms with E-state index in [0.29, 0.717) is 19.4 Å². The van der Waals surface area contributed by atoms with E-state index in [1.807, 2.05) is 66.7 Å². The van der Waals surface area contributed by atoms with Crippen molar-refractivity contribution in [3.05, 3.63) is 101 Å². The minimum atomic E-state index is -0.998. The lowest BCUT2D eigenvalue weighted by atomic mass is 9.87. The number of likely N-dealkylation sites (tertiary alicyclic amines) is 1. The number of carboxylic acids is 1. The fourth-order valence-corrected chi connectivity index (χ4v) is 5.78. The summed E-state index contributed by atoms with van der Waals surface area (Å²) in [7, 11) is 0. The maximum absolute atomic E-state index is 14.2. The number of anilines is 1. The Morgan fingerprint density at radius 3 is 2.19 bits per heavy atom. The number of aliphatic carboxylic acids is 1. The Balaban J connectivity index is 1.44. The van der Waals surface area contributed by atoms with Gasteiger partial charge in [0.2, 0.25) is 5.91 Å². The van der Waals surface area contributed by atoms with Gasteiger partial charge in [-0.3, -0.25) is 4.79 Å². The third-order valence-electron chi connectivity index (χ3n) is 7.55. The Hall–Kier alpha value is -3.67. The summed E-state index contributed by atoms with van der Waals surface area (Å²) in [5.41, 5.74) is 3.66. The van der Waals surface area contributed by atoms with Crippen molar-refractivity contribution < 1.29 is 19.1 Å². The van der Waals surface area contributed by atoms with Gasteiger partial charge in [-0.25, -0.2) is 9.18 Å². The summed E-state index contributed by atoms with van der Waals surface area (Å²) < 4.78 is 14.2. The quantitative estimate of drug-likeness (QED) is 0.536. The van der Waals surface area contributed by atoms with Crippen LogP contribution in [0.2, 0.25) is 0 Å². The molecule has 5 rings (SSSR count). The zero-order valence-corrected chi connectivity index (χ0v) is 20.2. The van der Waals surface area contributed by atoms with Crippen LogP contribution in [0.25, 0.3) is 0 Å². The molecule has 2 atom stereocenters. The molecule has 0 aliphatic carbocycles. The molecule has 1 saturated heterocycles. The molecule has 0 aromatic heterocycles. The normalized spacial score (nSPS) is 20.1. The SMILES string of the molecule is O=C(O)[C@@H]1C[C@@H](N2CCCCc3ccc(F)cc32)CCN1C(=O)C(c1ccccc1)c1ccccc1. The average molecular weight is 487 g/mol. The van der Waals surface area contributed by atoms with Gasteiger partial charge in [0.15, 0.2) is 0 Å². The van der Waals surface area contributed by atoms with Crippen LogP contribution in [0.15, 0.2) is 78.9 Å². The van der Waals surface area contributed by atoms with Gasteiger partial charge in [0, 0.05) is 24.8 Å². The monoisotopic (exact) mass is 486 g/mol. The minimum Gasteiger partial charge on any atom is -0.480 e. The molecule has 1 fully saturated rings. The second-order valence-corrected chi connectivity index (χ2v) is 9.74. The molecule has 0 unspecified atom stereocenters. The summed E-state index contributed by atoms with van der Waals surface area (Å²) >= 11 is 0. The van der Waals surface area contributed by atoms with Crippen molar-refractivity contribution >= 4 is 17.6 Å². The van der Waals surface area contributed by atoms with E-state index in [1.54, 1.807) is 11.0 Å². The number of carboxylic acid groups (broad SMARTS) is 1. The number of halogens is 1. The Bertz CT molecular complexity index is 1180. The van der Waals surface area contributed by atoms with Crippen molar-refractivity contribution in [3.8, 4) is 0 Å². The van der Waals surface area contributed by atoms with E-state index in [2.05, 4.69) is 4.90 Å². The fraction of sp³-hybridized carbons (Fsp3) is 0.333. The summed E-state index contributed by atoms with van der Waals surface area (Å²) in [5, 5.41) is 10.2. The third-order valence-corrected chi connectivity index (χ3v) is 7.55. The van der Waals surface area contributed by atoms with Crippen molar-refractivity contribution in [2.75, 3.05) is 18.0 Å². The van der Waals surface area contributed by atoms with Gasteiger partial charge in [0.1, 0.15) is 11.9 Å². The van der Waals surface area contributed by atoms with Gasteiger partial charge in [-0.05, 0) is 60.9 Å². The smallest absolute Gasteiger partial charge is 0.326 e. The van der Waals surface area contributed by atoms with Crippen LogP contribution in [0.5, 0.6) is 0 Å². The highest BCUT2D eigenvalue weighted by atomic mass is 19.1. The van der Waals surface area contributed by atoms with Gasteiger partial charge in [0.25, 0.3) is 0 Å². The van der Waals surface area contributed by atoms with Crippen LogP contribution in [0.4, 0.5) is 10.1 Å². The molecule has 2 aliphatic heterocycles. The molecule has 0 bridgehead atoms. The lowest BCUT2D eigenvalue weighted by Crippen LogP contribution is -2.56. The first-order chi connectivity index (χ1) is 17.5. The van der Waals surface area contributed by atoms with E-state index in [4.69, 9.17) is 0 Å². The number of carbonyl (C=O) groups excluding carboxylic acids is 1. The zero-order chi connectivity index (χ0) is 25.1. The van der Waals surface area contributed by atoms with Gasteiger partial charge in [-0.15, -0.1) is 0 Å². The van der Waals surface area contributed by atoms with Gasteiger partial charge in [-0.2, -0.15) is 0 Å². The largest absolute Gasteiger partial charge is 0.480 e. The number of aryl methyl sites for hydroxylation is 1. The van der Waals surface area contributed by atoms with Gasteiger partial charge >= 0.3 is 5.97 Å². The first-order valence-corrected chi connectivity index (χ1v) is 12.7. The van der Waals surface area contributed by atoms with Crippen LogP contribution in [-0.4, -0.2) is 47.1 Å². The van der Waals surface area contributed by atoms with E-state index in [1.165, 1.54) is 6.07 Å². The highest BCUT2D eigenvalue weighted by Gasteiger charge is 2.41. The predicted molar refractivity (Wildman–Crippen MR) is 138 cm³/mol. The third kappa shape index (κ3) is 4.85. The van der Waals surface area contributed by atoms with Crippen molar-refractivity contribution in [2.24, 2.45) is 0 Å². The summed E-state index contributed by atoms with van der Waals surface area (Å²) in [6.45, 7) is 1.11. The molecule has 0 spiro atoms. The molecule has 186 valence electrons. The molecule has 1 N–H and O–H groups in total. The number of hydrogen-bond donors (Lipinski definition) is 1.